The van der Waals surface area contributed by atoms with Crippen LogP contribution in [0.1, 0.15) is 25.0 Å². The summed E-state index contributed by atoms with van der Waals surface area (Å²) in [5.74, 6) is 0. The van der Waals surface area contributed by atoms with Crippen molar-refractivity contribution in [2.75, 3.05) is 26.2 Å². The van der Waals surface area contributed by atoms with Crippen molar-refractivity contribution < 1.29 is 8.42 Å². The molecule has 1 fully saturated rings. The third-order valence-corrected chi connectivity index (χ3v) is 6.01. The molecule has 0 amide bonds. The average molecular weight is 296 g/mol. The van der Waals surface area contributed by atoms with Gasteiger partial charge in [0.25, 0.3) is 0 Å². The lowest BCUT2D eigenvalue weighted by molar-refractivity contribution is 0.154. The van der Waals surface area contributed by atoms with Crippen LogP contribution in [0.15, 0.2) is 23.1 Å². The summed E-state index contributed by atoms with van der Waals surface area (Å²) < 4.78 is 27.1. The van der Waals surface area contributed by atoms with E-state index in [9.17, 15) is 8.42 Å². The molecule has 4 nitrogen and oxygen atoms in total. The number of nitrogens with zero attached hydrogens (tertiary/aromatic N) is 2. The molecule has 0 atom stereocenters. The Morgan fingerprint density at radius 2 is 1.65 bits per heavy atom. The lowest BCUT2D eigenvalue weighted by Crippen LogP contribution is -2.50. The van der Waals surface area contributed by atoms with Gasteiger partial charge in [0.1, 0.15) is 0 Å². The summed E-state index contributed by atoms with van der Waals surface area (Å²) in [6.07, 6.45) is 0. The van der Waals surface area contributed by atoms with Gasteiger partial charge in [0.15, 0.2) is 0 Å². The van der Waals surface area contributed by atoms with Crippen molar-refractivity contribution in [2.45, 2.75) is 38.6 Å². The average Bonchev–Trinajstić information content (AvgIpc) is 2.41. The third-order valence-electron chi connectivity index (χ3n) is 3.96. The fourth-order valence-electron chi connectivity index (χ4n) is 2.58. The highest BCUT2D eigenvalue weighted by molar-refractivity contribution is 7.89. The molecular weight excluding hydrogens is 272 g/mol. The first kappa shape index (κ1) is 15.5. The smallest absolute Gasteiger partial charge is 0.243 e. The number of piperazine rings is 1. The molecular formula is C15H24N2O2S. The topological polar surface area (TPSA) is 40.6 Å². The van der Waals surface area contributed by atoms with Crippen LogP contribution in [0.25, 0.3) is 0 Å². The Labute approximate surface area is 122 Å². The monoisotopic (exact) mass is 296 g/mol. The van der Waals surface area contributed by atoms with E-state index in [0.717, 1.165) is 24.2 Å². The maximum atomic E-state index is 12.7. The summed E-state index contributed by atoms with van der Waals surface area (Å²) in [4.78, 5) is 2.77. The lowest BCUT2D eigenvalue weighted by atomic mass is 10.2. The number of aryl methyl sites for hydroxylation is 2. The zero-order valence-electron chi connectivity index (χ0n) is 12.8. The van der Waals surface area contributed by atoms with Gasteiger partial charge >= 0.3 is 0 Å². The first-order chi connectivity index (χ1) is 9.32. The predicted octanol–water partition coefficient (Wildman–Crippen LogP) is 2.02. The van der Waals surface area contributed by atoms with Crippen LogP contribution >= 0.6 is 0 Å². The second kappa shape index (κ2) is 5.84. The molecule has 1 aliphatic rings. The quantitative estimate of drug-likeness (QED) is 0.857. The second-order valence-electron chi connectivity index (χ2n) is 5.80. The molecule has 0 radical (unpaired) electrons. The van der Waals surface area contributed by atoms with Crippen molar-refractivity contribution in [1.82, 2.24) is 9.21 Å². The molecule has 1 aliphatic heterocycles. The number of hydrogen-bond acceptors (Lipinski definition) is 3. The van der Waals surface area contributed by atoms with Crippen LogP contribution in [0.3, 0.4) is 0 Å². The van der Waals surface area contributed by atoms with Crippen LogP contribution in [0.4, 0.5) is 0 Å². The summed E-state index contributed by atoms with van der Waals surface area (Å²) in [5, 5.41) is 0. The molecule has 0 unspecified atom stereocenters. The molecule has 1 heterocycles. The standard InChI is InChI=1S/C15H24N2O2S/c1-12(2)16-7-9-17(10-8-16)20(18,19)15-11-13(3)5-6-14(15)4/h5-6,11-12H,7-10H2,1-4H3. The van der Waals surface area contributed by atoms with E-state index in [0.29, 0.717) is 24.0 Å². The van der Waals surface area contributed by atoms with Crippen molar-refractivity contribution in [2.24, 2.45) is 0 Å². The van der Waals surface area contributed by atoms with E-state index in [1.165, 1.54) is 0 Å². The van der Waals surface area contributed by atoms with E-state index < -0.39 is 10.0 Å². The van der Waals surface area contributed by atoms with E-state index in [1.54, 1.807) is 10.4 Å². The molecule has 0 N–H and O–H groups in total. The van der Waals surface area contributed by atoms with Gasteiger partial charge in [-0.15, -0.1) is 0 Å². The normalized spacial score (nSPS) is 18.6. The molecule has 2 rings (SSSR count). The van der Waals surface area contributed by atoms with E-state index in [1.807, 2.05) is 26.0 Å². The molecule has 1 saturated heterocycles. The Balaban J connectivity index is 2.22. The van der Waals surface area contributed by atoms with Crippen molar-refractivity contribution in [3.05, 3.63) is 29.3 Å². The van der Waals surface area contributed by atoms with Gasteiger partial charge in [-0.1, -0.05) is 12.1 Å². The fraction of sp³-hybridized carbons (Fsp3) is 0.600. The van der Waals surface area contributed by atoms with Gasteiger partial charge in [-0.25, -0.2) is 8.42 Å². The Morgan fingerprint density at radius 3 is 2.20 bits per heavy atom. The Morgan fingerprint density at radius 1 is 1.05 bits per heavy atom. The van der Waals surface area contributed by atoms with Gasteiger partial charge in [-0.2, -0.15) is 4.31 Å². The maximum absolute atomic E-state index is 12.7. The molecule has 0 bridgehead atoms. The highest BCUT2D eigenvalue weighted by atomic mass is 32.2. The van der Waals surface area contributed by atoms with Crippen molar-refractivity contribution in [3.63, 3.8) is 0 Å². The summed E-state index contributed by atoms with van der Waals surface area (Å²) in [7, 11) is -3.36. The molecule has 0 spiro atoms. The summed E-state index contributed by atoms with van der Waals surface area (Å²) in [6.45, 7) is 10.8. The van der Waals surface area contributed by atoms with Crippen molar-refractivity contribution in [3.8, 4) is 0 Å². The Kier molecular flexibility index (Phi) is 4.52. The third kappa shape index (κ3) is 3.05. The Hall–Kier alpha value is -0.910. The predicted molar refractivity (Wildman–Crippen MR) is 81.4 cm³/mol. The van der Waals surface area contributed by atoms with Gasteiger partial charge in [-0.3, -0.25) is 4.90 Å². The van der Waals surface area contributed by atoms with Gasteiger partial charge in [0, 0.05) is 32.2 Å². The minimum atomic E-state index is -3.36. The van der Waals surface area contributed by atoms with Crippen LogP contribution in [0.5, 0.6) is 0 Å². The van der Waals surface area contributed by atoms with Gasteiger partial charge in [0.2, 0.25) is 10.0 Å². The van der Waals surface area contributed by atoms with Gasteiger partial charge in [-0.05, 0) is 44.9 Å². The fourth-order valence-corrected chi connectivity index (χ4v) is 4.32. The molecule has 0 saturated carbocycles. The number of hydrogen-bond donors (Lipinski definition) is 0. The largest absolute Gasteiger partial charge is 0.298 e. The minimum absolute atomic E-state index is 0.454. The van der Waals surface area contributed by atoms with E-state index in [4.69, 9.17) is 0 Å². The maximum Gasteiger partial charge on any atom is 0.243 e. The van der Waals surface area contributed by atoms with Gasteiger partial charge in [0.05, 0.1) is 4.90 Å². The first-order valence-electron chi connectivity index (χ1n) is 7.14. The van der Waals surface area contributed by atoms with E-state index in [2.05, 4.69) is 18.7 Å². The molecule has 1 aromatic rings. The lowest BCUT2D eigenvalue weighted by Gasteiger charge is -2.36. The highest BCUT2D eigenvalue weighted by Crippen LogP contribution is 2.22. The van der Waals surface area contributed by atoms with Crippen LogP contribution in [0, 0.1) is 13.8 Å². The van der Waals surface area contributed by atoms with Crippen LogP contribution < -0.4 is 0 Å². The number of sulfonamides is 1. The zero-order chi connectivity index (χ0) is 14.9. The number of benzene rings is 1. The number of rotatable bonds is 3. The van der Waals surface area contributed by atoms with Crippen molar-refractivity contribution in [1.29, 1.82) is 0 Å². The minimum Gasteiger partial charge on any atom is -0.298 e. The highest BCUT2D eigenvalue weighted by Gasteiger charge is 2.30. The Bertz CT molecular complexity index is 574. The molecule has 20 heavy (non-hydrogen) atoms. The summed E-state index contributed by atoms with van der Waals surface area (Å²) >= 11 is 0. The zero-order valence-corrected chi connectivity index (χ0v) is 13.6. The van der Waals surface area contributed by atoms with Crippen LogP contribution in [-0.2, 0) is 10.0 Å². The molecule has 5 heteroatoms. The molecule has 1 aromatic carbocycles. The van der Waals surface area contributed by atoms with Crippen molar-refractivity contribution >= 4 is 10.0 Å². The van der Waals surface area contributed by atoms with E-state index >= 15 is 0 Å². The van der Waals surface area contributed by atoms with E-state index in [-0.39, 0.29) is 0 Å². The SMILES string of the molecule is Cc1ccc(C)c(S(=O)(=O)N2CCN(C(C)C)CC2)c1. The molecule has 0 aromatic heterocycles. The molecule has 0 aliphatic carbocycles. The van der Waals surface area contributed by atoms with Crippen LogP contribution in [-0.4, -0.2) is 49.8 Å². The van der Waals surface area contributed by atoms with Crippen LogP contribution in [0.2, 0.25) is 0 Å². The second-order valence-corrected chi connectivity index (χ2v) is 7.71. The summed E-state index contributed by atoms with van der Waals surface area (Å²) in [6, 6.07) is 6.08. The first-order valence-corrected chi connectivity index (χ1v) is 8.58. The summed E-state index contributed by atoms with van der Waals surface area (Å²) in [5.41, 5.74) is 1.80. The van der Waals surface area contributed by atoms with Gasteiger partial charge < -0.3 is 0 Å². The molecule has 112 valence electrons.